The van der Waals surface area contributed by atoms with Gasteiger partial charge >= 0.3 is 0 Å². The van der Waals surface area contributed by atoms with Crippen LogP contribution in [0.5, 0.6) is 0 Å². The first-order chi connectivity index (χ1) is 5.81. The number of rotatable bonds is 3. The molecule has 0 radical (unpaired) electrons. The van der Waals surface area contributed by atoms with E-state index in [2.05, 4.69) is 12.2 Å². The molecular weight excluding hydrogens is 150 g/mol. The normalized spacial score (nSPS) is 46.5. The molecule has 0 aliphatic heterocycles. The third-order valence-corrected chi connectivity index (χ3v) is 3.35. The summed E-state index contributed by atoms with van der Waals surface area (Å²) in [6.07, 6.45) is 5.93. The van der Waals surface area contributed by atoms with Crippen molar-refractivity contribution < 1.29 is 5.11 Å². The summed E-state index contributed by atoms with van der Waals surface area (Å²) in [5.41, 5.74) is 0. The summed E-state index contributed by atoms with van der Waals surface area (Å²) < 4.78 is 0. The van der Waals surface area contributed by atoms with Gasteiger partial charge in [0.05, 0.1) is 6.10 Å². The van der Waals surface area contributed by atoms with Crippen molar-refractivity contribution in [2.24, 2.45) is 5.92 Å². The summed E-state index contributed by atoms with van der Waals surface area (Å²) in [7, 11) is 0. The highest BCUT2D eigenvalue weighted by Crippen LogP contribution is 2.35. The van der Waals surface area contributed by atoms with Crippen molar-refractivity contribution >= 4 is 0 Å². The largest absolute Gasteiger partial charge is 0.392 e. The van der Waals surface area contributed by atoms with Crippen LogP contribution in [0.2, 0.25) is 0 Å². The monoisotopic (exact) mass is 169 g/mol. The summed E-state index contributed by atoms with van der Waals surface area (Å²) in [6.45, 7) is 2.25. The number of hydrogen-bond donors (Lipinski definition) is 2. The first kappa shape index (κ1) is 8.52. The molecule has 0 spiro atoms. The molecule has 2 aliphatic carbocycles. The van der Waals surface area contributed by atoms with E-state index in [1.165, 1.54) is 25.7 Å². The zero-order chi connectivity index (χ0) is 8.55. The Labute approximate surface area is 74.4 Å². The maximum atomic E-state index is 9.56. The van der Waals surface area contributed by atoms with Crippen LogP contribution in [0, 0.1) is 5.92 Å². The fourth-order valence-electron chi connectivity index (χ4n) is 2.31. The minimum Gasteiger partial charge on any atom is -0.392 e. The molecule has 2 fully saturated rings. The predicted molar refractivity (Wildman–Crippen MR) is 49.0 cm³/mol. The lowest BCUT2D eigenvalue weighted by molar-refractivity contribution is 0.147. The second-order valence-electron chi connectivity index (χ2n) is 4.28. The van der Waals surface area contributed by atoms with Crippen LogP contribution in [-0.2, 0) is 0 Å². The summed E-state index contributed by atoms with van der Waals surface area (Å²) >= 11 is 0. The van der Waals surface area contributed by atoms with Gasteiger partial charge in [-0.3, -0.25) is 0 Å². The van der Waals surface area contributed by atoms with Gasteiger partial charge in [0.2, 0.25) is 0 Å². The van der Waals surface area contributed by atoms with Gasteiger partial charge in [-0.15, -0.1) is 0 Å². The quantitative estimate of drug-likeness (QED) is 0.667. The Kier molecular flexibility index (Phi) is 2.37. The summed E-state index contributed by atoms with van der Waals surface area (Å²) in [6, 6.07) is 1.14. The second kappa shape index (κ2) is 3.35. The lowest BCUT2D eigenvalue weighted by Gasteiger charge is -2.16. The first-order valence-corrected chi connectivity index (χ1v) is 5.25. The van der Waals surface area contributed by atoms with Crippen molar-refractivity contribution in [3.63, 3.8) is 0 Å². The van der Waals surface area contributed by atoms with Crippen molar-refractivity contribution in [2.75, 3.05) is 0 Å². The van der Waals surface area contributed by atoms with E-state index in [0.29, 0.717) is 6.04 Å². The Hall–Kier alpha value is -0.0800. The van der Waals surface area contributed by atoms with E-state index in [9.17, 15) is 5.11 Å². The molecule has 2 saturated carbocycles. The van der Waals surface area contributed by atoms with E-state index in [0.717, 1.165) is 18.4 Å². The number of hydrogen-bond acceptors (Lipinski definition) is 2. The van der Waals surface area contributed by atoms with Gasteiger partial charge in [-0.2, -0.15) is 0 Å². The van der Waals surface area contributed by atoms with Gasteiger partial charge < -0.3 is 10.4 Å². The number of aliphatic hydroxyl groups excluding tert-OH is 1. The molecule has 2 heteroatoms. The van der Waals surface area contributed by atoms with Crippen LogP contribution < -0.4 is 5.32 Å². The standard InChI is InChI=1S/C10H19NO/c1-2-7-6-9(7)11-8-4-3-5-10(8)12/h7-12H,2-6H2,1H3/t7?,8-,9?,10-/m1/s1. The molecule has 2 nitrogen and oxygen atoms in total. The Bertz CT molecular complexity index is 160. The van der Waals surface area contributed by atoms with E-state index in [1.807, 2.05) is 0 Å². The highest BCUT2D eigenvalue weighted by molar-refractivity contribution is 4.96. The SMILES string of the molecule is CCC1CC1N[C@@H]1CCC[C@H]1O. The van der Waals surface area contributed by atoms with Crippen molar-refractivity contribution in [3.8, 4) is 0 Å². The predicted octanol–water partition coefficient (Wildman–Crippen LogP) is 1.29. The van der Waals surface area contributed by atoms with Gasteiger partial charge in [-0.25, -0.2) is 0 Å². The average Bonchev–Trinajstić information content (AvgIpc) is 2.70. The van der Waals surface area contributed by atoms with Crippen molar-refractivity contribution in [1.29, 1.82) is 0 Å². The van der Waals surface area contributed by atoms with E-state index < -0.39 is 0 Å². The maximum absolute atomic E-state index is 9.56. The number of nitrogens with one attached hydrogen (secondary N) is 1. The van der Waals surface area contributed by atoms with Crippen LogP contribution in [-0.4, -0.2) is 23.3 Å². The first-order valence-electron chi connectivity index (χ1n) is 5.25. The molecule has 0 aromatic carbocycles. The van der Waals surface area contributed by atoms with Crippen LogP contribution in [0.15, 0.2) is 0 Å². The zero-order valence-corrected chi connectivity index (χ0v) is 7.79. The molecule has 2 rings (SSSR count). The van der Waals surface area contributed by atoms with Crippen LogP contribution in [0.1, 0.15) is 39.0 Å². The second-order valence-corrected chi connectivity index (χ2v) is 4.28. The molecule has 0 amide bonds. The van der Waals surface area contributed by atoms with E-state index in [4.69, 9.17) is 0 Å². The van der Waals surface area contributed by atoms with Crippen molar-refractivity contribution in [1.82, 2.24) is 5.32 Å². The van der Waals surface area contributed by atoms with E-state index in [1.54, 1.807) is 0 Å². The molecule has 2 aliphatic rings. The third kappa shape index (κ3) is 1.64. The Morgan fingerprint density at radius 2 is 2.17 bits per heavy atom. The lowest BCUT2D eigenvalue weighted by atomic mass is 10.2. The molecule has 70 valence electrons. The van der Waals surface area contributed by atoms with Gasteiger partial charge in [0.1, 0.15) is 0 Å². The van der Waals surface area contributed by atoms with Crippen LogP contribution >= 0.6 is 0 Å². The molecule has 12 heavy (non-hydrogen) atoms. The molecule has 2 unspecified atom stereocenters. The number of aliphatic hydroxyl groups is 1. The third-order valence-electron chi connectivity index (χ3n) is 3.35. The lowest BCUT2D eigenvalue weighted by Crippen LogP contribution is -2.37. The van der Waals surface area contributed by atoms with Gasteiger partial charge in [0.15, 0.2) is 0 Å². The fraction of sp³-hybridized carbons (Fsp3) is 1.00. The Balaban J connectivity index is 1.73. The topological polar surface area (TPSA) is 32.3 Å². The van der Waals surface area contributed by atoms with Crippen molar-refractivity contribution in [3.05, 3.63) is 0 Å². The molecule has 0 aromatic heterocycles. The van der Waals surface area contributed by atoms with Gasteiger partial charge in [-0.1, -0.05) is 13.3 Å². The molecular formula is C10H19NO. The highest BCUT2D eigenvalue weighted by Gasteiger charge is 2.38. The minimum atomic E-state index is -0.0666. The van der Waals surface area contributed by atoms with Crippen LogP contribution in [0.4, 0.5) is 0 Å². The molecule has 0 bridgehead atoms. The summed E-state index contributed by atoms with van der Waals surface area (Å²) in [5, 5.41) is 13.1. The van der Waals surface area contributed by atoms with Crippen molar-refractivity contribution in [2.45, 2.75) is 57.2 Å². The van der Waals surface area contributed by atoms with E-state index in [-0.39, 0.29) is 6.10 Å². The molecule has 4 atom stereocenters. The van der Waals surface area contributed by atoms with Gasteiger partial charge in [-0.05, 0) is 31.6 Å². The highest BCUT2D eigenvalue weighted by atomic mass is 16.3. The van der Waals surface area contributed by atoms with Gasteiger partial charge in [0, 0.05) is 12.1 Å². The molecule has 0 heterocycles. The maximum Gasteiger partial charge on any atom is 0.0693 e. The molecule has 0 saturated heterocycles. The summed E-state index contributed by atoms with van der Waals surface area (Å²) in [4.78, 5) is 0. The summed E-state index contributed by atoms with van der Waals surface area (Å²) in [5.74, 6) is 0.901. The fourth-order valence-corrected chi connectivity index (χ4v) is 2.31. The minimum absolute atomic E-state index is 0.0666. The average molecular weight is 169 g/mol. The molecule has 2 N–H and O–H groups in total. The Morgan fingerprint density at radius 3 is 2.67 bits per heavy atom. The van der Waals surface area contributed by atoms with Gasteiger partial charge in [0.25, 0.3) is 0 Å². The Morgan fingerprint density at radius 1 is 1.33 bits per heavy atom. The smallest absolute Gasteiger partial charge is 0.0693 e. The van der Waals surface area contributed by atoms with E-state index >= 15 is 0 Å². The van der Waals surface area contributed by atoms with Crippen LogP contribution in [0.3, 0.4) is 0 Å². The zero-order valence-electron chi connectivity index (χ0n) is 7.79. The molecule has 0 aromatic rings. The van der Waals surface area contributed by atoms with Crippen LogP contribution in [0.25, 0.3) is 0 Å².